The average molecular weight is 216 g/mol. The van der Waals surface area contributed by atoms with Crippen LogP contribution in [0.4, 0.5) is 4.79 Å². The van der Waals surface area contributed by atoms with Crippen molar-refractivity contribution in [3.63, 3.8) is 0 Å². The molecule has 1 aromatic carbocycles. The number of hydrogen-bond acceptors (Lipinski definition) is 2. The van der Waals surface area contributed by atoms with Crippen molar-refractivity contribution in [2.45, 2.75) is 25.3 Å². The van der Waals surface area contributed by atoms with Gasteiger partial charge < -0.3 is 10.4 Å². The van der Waals surface area contributed by atoms with Crippen LogP contribution in [0, 0.1) is 11.3 Å². The SMILES string of the molecule is N#Cc1ccc2c(c1)CC[C@@H](NC(=O)O)C2. The van der Waals surface area contributed by atoms with Crippen molar-refractivity contribution in [2.75, 3.05) is 0 Å². The van der Waals surface area contributed by atoms with Gasteiger partial charge in [-0.3, -0.25) is 0 Å². The van der Waals surface area contributed by atoms with Crippen molar-refractivity contribution in [1.29, 1.82) is 5.26 Å². The molecule has 0 fully saturated rings. The van der Waals surface area contributed by atoms with Crippen LogP contribution in [0.3, 0.4) is 0 Å². The number of fused-ring (bicyclic) bond motifs is 1. The van der Waals surface area contributed by atoms with E-state index in [1.54, 1.807) is 6.07 Å². The maximum absolute atomic E-state index is 10.5. The minimum atomic E-state index is -0.970. The summed E-state index contributed by atoms with van der Waals surface area (Å²) in [6.07, 6.45) is 1.37. The Morgan fingerprint density at radius 3 is 3.00 bits per heavy atom. The lowest BCUT2D eigenvalue weighted by atomic mass is 9.87. The van der Waals surface area contributed by atoms with Crippen molar-refractivity contribution in [1.82, 2.24) is 5.32 Å². The molecule has 16 heavy (non-hydrogen) atoms. The van der Waals surface area contributed by atoms with E-state index in [9.17, 15) is 4.79 Å². The molecule has 1 amide bonds. The van der Waals surface area contributed by atoms with Crippen LogP contribution in [0.25, 0.3) is 0 Å². The maximum atomic E-state index is 10.5. The molecule has 2 rings (SSSR count). The van der Waals surface area contributed by atoms with Crippen LogP contribution in [0.2, 0.25) is 0 Å². The number of hydrogen-bond donors (Lipinski definition) is 2. The number of benzene rings is 1. The van der Waals surface area contributed by atoms with Crippen LogP contribution >= 0.6 is 0 Å². The molecule has 1 aliphatic carbocycles. The molecule has 82 valence electrons. The van der Waals surface area contributed by atoms with Crippen molar-refractivity contribution in [3.8, 4) is 6.07 Å². The maximum Gasteiger partial charge on any atom is 0.404 e. The van der Waals surface area contributed by atoms with Gasteiger partial charge in [-0.05, 0) is 42.5 Å². The van der Waals surface area contributed by atoms with E-state index in [2.05, 4.69) is 11.4 Å². The second kappa shape index (κ2) is 4.23. The molecule has 0 aliphatic heterocycles. The lowest BCUT2D eigenvalue weighted by Crippen LogP contribution is -2.37. The molecule has 1 atom stereocenters. The lowest BCUT2D eigenvalue weighted by molar-refractivity contribution is 0.188. The number of amides is 1. The highest BCUT2D eigenvalue weighted by Crippen LogP contribution is 2.22. The van der Waals surface area contributed by atoms with Crippen LogP contribution in [-0.4, -0.2) is 17.2 Å². The van der Waals surface area contributed by atoms with Gasteiger partial charge in [0.05, 0.1) is 11.6 Å². The largest absolute Gasteiger partial charge is 0.465 e. The molecule has 2 N–H and O–H groups in total. The summed E-state index contributed by atoms with van der Waals surface area (Å²) in [7, 11) is 0. The number of aryl methyl sites for hydroxylation is 1. The second-order valence-corrected chi connectivity index (χ2v) is 3.98. The fraction of sp³-hybridized carbons (Fsp3) is 0.333. The summed E-state index contributed by atoms with van der Waals surface area (Å²) in [5.74, 6) is 0. The zero-order valence-electron chi connectivity index (χ0n) is 8.73. The molecule has 0 aromatic heterocycles. The molecule has 4 heteroatoms. The Morgan fingerprint density at radius 1 is 1.50 bits per heavy atom. The predicted molar refractivity (Wildman–Crippen MR) is 58.1 cm³/mol. The Bertz CT molecular complexity index is 463. The van der Waals surface area contributed by atoms with E-state index in [-0.39, 0.29) is 6.04 Å². The Morgan fingerprint density at radius 2 is 2.31 bits per heavy atom. The summed E-state index contributed by atoms with van der Waals surface area (Å²) in [4.78, 5) is 10.5. The third-order valence-corrected chi connectivity index (χ3v) is 2.89. The van der Waals surface area contributed by atoms with E-state index in [0.717, 1.165) is 18.4 Å². The first kappa shape index (κ1) is 10.5. The molecule has 0 unspecified atom stereocenters. The molecule has 4 nitrogen and oxygen atoms in total. The van der Waals surface area contributed by atoms with Gasteiger partial charge in [-0.1, -0.05) is 6.07 Å². The average Bonchev–Trinajstić information content (AvgIpc) is 2.27. The monoisotopic (exact) mass is 216 g/mol. The molecule has 0 heterocycles. The normalized spacial score (nSPS) is 18.3. The van der Waals surface area contributed by atoms with Crippen molar-refractivity contribution in [2.24, 2.45) is 0 Å². The fourth-order valence-corrected chi connectivity index (χ4v) is 2.12. The first-order chi connectivity index (χ1) is 7.69. The summed E-state index contributed by atoms with van der Waals surface area (Å²) in [5, 5.41) is 19.9. The van der Waals surface area contributed by atoms with Crippen molar-refractivity contribution in [3.05, 3.63) is 34.9 Å². The molecule has 1 aromatic rings. The Balaban J connectivity index is 2.16. The lowest BCUT2D eigenvalue weighted by Gasteiger charge is -2.24. The number of nitrogens with zero attached hydrogens (tertiary/aromatic N) is 1. The summed E-state index contributed by atoms with van der Waals surface area (Å²) in [5.41, 5.74) is 2.98. The highest BCUT2D eigenvalue weighted by molar-refractivity contribution is 5.65. The van der Waals surface area contributed by atoms with Gasteiger partial charge in [0.2, 0.25) is 0 Å². The third kappa shape index (κ3) is 2.14. The quantitative estimate of drug-likeness (QED) is 0.750. The van der Waals surface area contributed by atoms with Gasteiger partial charge in [0.15, 0.2) is 0 Å². The zero-order valence-corrected chi connectivity index (χ0v) is 8.73. The predicted octanol–water partition coefficient (Wildman–Crippen LogP) is 1.68. The Hall–Kier alpha value is -2.02. The third-order valence-electron chi connectivity index (χ3n) is 2.89. The zero-order chi connectivity index (χ0) is 11.5. The Labute approximate surface area is 93.5 Å². The van der Waals surface area contributed by atoms with Gasteiger partial charge in [-0.2, -0.15) is 5.26 Å². The molecule has 0 spiro atoms. The van der Waals surface area contributed by atoms with E-state index in [0.29, 0.717) is 12.0 Å². The molecule has 0 saturated heterocycles. The molecular weight excluding hydrogens is 204 g/mol. The van der Waals surface area contributed by atoms with Crippen LogP contribution < -0.4 is 5.32 Å². The number of carbonyl (C=O) groups is 1. The highest BCUT2D eigenvalue weighted by Gasteiger charge is 2.19. The number of carboxylic acid groups (broad SMARTS) is 1. The van der Waals surface area contributed by atoms with Crippen LogP contribution in [0.5, 0.6) is 0 Å². The van der Waals surface area contributed by atoms with E-state index in [1.165, 1.54) is 5.56 Å². The molecular formula is C12H12N2O2. The van der Waals surface area contributed by atoms with E-state index >= 15 is 0 Å². The van der Waals surface area contributed by atoms with E-state index < -0.39 is 6.09 Å². The van der Waals surface area contributed by atoms with Gasteiger partial charge in [0, 0.05) is 6.04 Å². The number of rotatable bonds is 1. The molecule has 1 aliphatic rings. The van der Waals surface area contributed by atoms with Gasteiger partial charge >= 0.3 is 6.09 Å². The van der Waals surface area contributed by atoms with Crippen molar-refractivity contribution >= 4 is 6.09 Å². The van der Waals surface area contributed by atoms with Gasteiger partial charge in [0.25, 0.3) is 0 Å². The first-order valence-electron chi connectivity index (χ1n) is 5.20. The number of nitrogens with one attached hydrogen (secondary N) is 1. The highest BCUT2D eigenvalue weighted by atomic mass is 16.4. The smallest absolute Gasteiger partial charge is 0.404 e. The van der Waals surface area contributed by atoms with Gasteiger partial charge in [-0.15, -0.1) is 0 Å². The Kier molecular flexibility index (Phi) is 2.78. The first-order valence-corrected chi connectivity index (χ1v) is 5.20. The van der Waals surface area contributed by atoms with E-state index in [4.69, 9.17) is 10.4 Å². The standard InChI is InChI=1S/C12H12N2O2/c13-7-8-1-2-10-6-11(14-12(15)16)4-3-9(10)5-8/h1-2,5,11,14H,3-4,6H2,(H,15,16)/t11-/m1/s1. The fourth-order valence-electron chi connectivity index (χ4n) is 2.12. The topological polar surface area (TPSA) is 73.1 Å². The van der Waals surface area contributed by atoms with Crippen LogP contribution in [0.15, 0.2) is 18.2 Å². The molecule has 0 bridgehead atoms. The van der Waals surface area contributed by atoms with Gasteiger partial charge in [0.1, 0.15) is 0 Å². The molecule has 0 saturated carbocycles. The van der Waals surface area contributed by atoms with Gasteiger partial charge in [-0.25, -0.2) is 4.79 Å². The summed E-state index contributed by atoms with van der Waals surface area (Å²) < 4.78 is 0. The molecule has 0 radical (unpaired) electrons. The minimum absolute atomic E-state index is 0.00191. The van der Waals surface area contributed by atoms with Crippen LogP contribution in [-0.2, 0) is 12.8 Å². The van der Waals surface area contributed by atoms with Crippen molar-refractivity contribution < 1.29 is 9.90 Å². The minimum Gasteiger partial charge on any atom is -0.465 e. The van der Waals surface area contributed by atoms with Crippen LogP contribution in [0.1, 0.15) is 23.1 Å². The summed E-state index contributed by atoms with van der Waals surface area (Å²) in [6.45, 7) is 0. The number of nitriles is 1. The van der Waals surface area contributed by atoms with E-state index in [1.807, 2.05) is 12.1 Å². The summed E-state index contributed by atoms with van der Waals surface area (Å²) in [6, 6.07) is 7.70. The summed E-state index contributed by atoms with van der Waals surface area (Å²) >= 11 is 0. The second-order valence-electron chi connectivity index (χ2n) is 3.98.